The third-order valence-electron chi connectivity index (χ3n) is 4.42. The Kier molecular flexibility index (Phi) is 4.39. The van der Waals surface area contributed by atoms with Crippen molar-refractivity contribution < 1.29 is 9.53 Å². The molecule has 0 N–H and O–H groups in total. The van der Waals surface area contributed by atoms with Gasteiger partial charge in [0.1, 0.15) is 6.10 Å². The van der Waals surface area contributed by atoms with E-state index in [1.807, 2.05) is 0 Å². The van der Waals surface area contributed by atoms with Crippen LogP contribution in [0.4, 0.5) is 0 Å². The number of carbonyl (C=O) groups excluding carboxylic acids is 1. The van der Waals surface area contributed by atoms with Crippen LogP contribution in [0.5, 0.6) is 0 Å². The van der Waals surface area contributed by atoms with Crippen molar-refractivity contribution >= 4 is 12.0 Å². The van der Waals surface area contributed by atoms with Gasteiger partial charge >= 0.3 is 5.97 Å². The molecule has 3 nitrogen and oxygen atoms in total. The number of benzene rings is 1. The molecule has 0 spiro atoms. The Morgan fingerprint density at radius 3 is 2.71 bits per heavy atom. The van der Waals surface area contributed by atoms with Crippen LogP contribution in [-0.4, -0.2) is 36.1 Å². The fourth-order valence-electron chi connectivity index (χ4n) is 3.40. The first-order valence-electron chi connectivity index (χ1n) is 7.89. The van der Waals surface area contributed by atoms with Crippen molar-refractivity contribution in [1.29, 1.82) is 0 Å². The monoisotopic (exact) mass is 285 g/mol. The van der Waals surface area contributed by atoms with Gasteiger partial charge < -0.3 is 4.74 Å². The first-order chi connectivity index (χ1) is 10.2. The zero-order valence-corrected chi connectivity index (χ0v) is 12.6. The molecular formula is C18H23NO2. The minimum absolute atomic E-state index is 0.0994. The van der Waals surface area contributed by atoms with E-state index in [0.717, 1.165) is 13.1 Å². The minimum atomic E-state index is -0.164. The van der Waals surface area contributed by atoms with E-state index in [4.69, 9.17) is 4.74 Å². The van der Waals surface area contributed by atoms with E-state index in [2.05, 4.69) is 41.3 Å². The number of nitrogens with zero attached hydrogens (tertiary/aromatic N) is 1. The molecule has 0 amide bonds. The largest absolute Gasteiger partial charge is 0.460 e. The fraction of sp³-hybridized carbons (Fsp3) is 0.500. The lowest BCUT2D eigenvalue weighted by molar-refractivity contribution is -0.156. The molecule has 2 fully saturated rings. The summed E-state index contributed by atoms with van der Waals surface area (Å²) in [4.78, 5) is 13.4. The average Bonchev–Trinajstić information content (AvgIpc) is 2.44. The third kappa shape index (κ3) is 3.53. The number of esters is 1. The molecule has 21 heavy (non-hydrogen) atoms. The second-order valence-electron chi connectivity index (χ2n) is 6.08. The van der Waals surface area contributed by atoms with Gasteiger partial charge in [-0.15, -0.1) is 0 Å². The van der Waals surface area contributed by atoms with Gasteiger partial charge in [-0.1, -0.05) is 48.4 Å². The molecule has 112 valence electrons. The van der Waals surface area contributed by atoms with Gasteiger partial charge in [-0.2, -0.15) is 0 Å². The maximum absolute atomic E-state index is 11.0. The van der Waals surface area contributed by atoms with Gasteiger partial charge in [-0.05, 0) is 24.8 Å². The van der Waals surface area contributed by atoms with E-state index in [9.17, 15) is 4.79 Å². The van der Waals surface area contributed by atoms with Crippen LogP contribution in [0.2, 0.25) is 0 Å². The van der Waals surface area contributed by atoms with E-state index in [-0.39, 0.29) is 12.1 Å². The van der Waals surface area contributed by atoms with Crippen LogP contribution in [0.1, 0.15) is 38.2 Å². The van der Waals surface area contributed by atoms with Crippen LogP contribution in [0.25, 0.3) is 6.08 Å². The number of ether oxygens (including phenoxy) is 1. The van der Waals surface area contributed by atoms with E-state index in [0.29, 0.717) is 6.04 Å². The molecule has 1 atom stereocenters. The predicted octanol–water partition coefficient (Wildman–Crippen LogP) is 3.26. The van der Waals surface area contributed by atoms with Crippen LogP contribution >= 0.6 is 0 Å². The van der Waals surface area contributed by atoms with Crippen LogP contribution in [-0.2, 0) is 9.53 Å². The minimum Gasteiger partial charge on any atom is -0.460 e. The molecular weight excluding hydrogens is 262 g/mol. The van der Waals surface area contributed by atoms with Crippen molar-refractivity contribution in [3.8, 4) is 0 Å². The van der Waals surface area contributed by atoms with Crippen molar-refractivity contribution in [3.63, 3.8) is 0 Å². The van der Waals surface area contributed by atoms with E-state index in [1.165, 1.54) is 43.7 Å². The smallest absolute Gasteiger partial charge is 0.302 e. The lowest BCUT2D eigenvalue weighted by atomic mass is 9.86. The second kappa shape index (κ2) is 6.44. The standard InChI is InChI=1S/C18H23NO2/c1-14(20)21-17-12-19(13-17)18-10-6-5-9-16(18)11-15-7-3-2-4-8-15/h2-4,7-8,11,17-18H,5-6,9-10,12-13H2,1H3. The molecule has 1 aromatic carbocycles. The Hall–Kier alpha value is -1.61. The quantitative estimate of drug-likeness (QED) is 0.798. The van der Waals surface area contributed by atoms with Gasteiger partial charge in [-0.3, -0.25) is 9.69 Å². The molecule has 1 aliphatic heterocycles. The van der Waals surface area contributed by atoms with Crippen molar-refractivity contribution in [3.05, 3.63) is 41.5 Å². The summed E-state index contributed by atoms with van der Waals surface area (Å²) < 4.78 is 5.26. The number of likely N-dealkylation sites (tertiary alicyclic amines) is 1. The van der Waals surface area contributed by atoms with Crippen molar-refractivity contribution in [2.75, 3.05) is 13.1 Å². The summed E-state index contributed by atoms with van der Waals surface area (Å²) >= 11 is 0. The van der Waals surface area contributed by atoms with Crippen LogP contribution in [0, 0.1) is 0 Å². The number of carbonyl (C=O) groups is 1. The molecule has 1 heterocycles. The van der Waals surface area contributed by atoms with Crippen molar-refractivity contribution in [1.82, 2.24) is 4.90 Å². The number of hydrogen-bond donors (Lipinski definition) is 0. The summed E-state index contributed by atoms with van der Waals surface area (Å²) in [5, 5.41) is 0. The third-order valence-corrected chi connectivity index (χ3v) is 4.42. The van der Waals surface area contributed by atoms with Gasteiger partial charge in [0.15, 0.2) is 0 Å². The fourth-order valence-corrected chi connectivity index (χ4v) is 3.40. The zero-order valence-electron chi connectivity index (χ0n) is 12.6. The normalized spacial score (nSPS) is 25.6. The predicted molar refractivity (Wildman–Crippen MR) is 83.8 cm³/mol. The highest BCUT2D eigenvalue weighted by molar-refractivity contribution is 5.66. The summed E-state index contributed by atoms with van der Waals surface area (Å²) in [6.07, 6.45) is 7.45. The molecule has 0 aromatic heterocycles. The van der Waals surface area contributed by atoms with Gasteiger partial charge in [0.25, 0.3) is 0 Å². The molecule has 1 saturated carbocycles. The molecule has 0 bridgehead atoms. The Morgan fingerprint density at radius 2 is 2.00 bits per heavy atom. The molecule has 3 heteroatoms. The van der Waals surface area contributed by atoms with E-state index >= 15 is 0 Å². The van der Waals surface area contributed by atoms with Gasteiger partial charge in [0.05, 0.1) is 0 Å². The lowest BCUT2D eigenvalue weighted by Gasteiger charge is -2.45. The Morgan fingerprint density at radius 1 is 1.24 bits per heavy atom. The highest BCUT2D eigenvalue weighted by Gasteiger charge is 2.36. The number of rotatable bonds is 3. The molecule has 1 aliphatic carbocycles. The molecule has 1 unspecified atom stereocenters. The molecule has 0 radical (unpaired) electrons. The first-order valence-corrected chi connectivity index (χ1v) is 7.89. The summed E-state index contributed by atoms with van der Waals surface area (Å²) in [5.74, 6) is -0.164. The SMILES string of the molecule is CC(=O)OC1CN(C2CCCCC2=Cc2ccccc2)C1. The van der Waals surface area contributed by atoms with Crippen LogP contribution in [0.15, 0.2) is 35.9 Å². The summed E-state index contributed by atoms with van der Waals surface area (Å²) in [6.45, 7) is 3.26. The van der Waals surface area contributed by atoms with E-state index < -0.39 is 0 Å². The highest BCUT2D eigenvalue weighted by Crippen LogP contribution is 2.32. The summed E-state index contributed by atoms with van der Waals surface area (Å²) in [6, 6.07) is 11.1. The molecule has 3 rings (SSSR count). The molecule has 2 aliphatic rings. The lowest BCUT2D eigenvalue weighted by Crippen LogP contribution is -2.57. The van der Waals surface area contributed by atoms with Crippen molar-refractivity contribution in [2.45, 2.75) is 44.8 Å². The Bertz CT molecular complexity index is 517. The van der Waals surface area contributed by atoms with Crippen LogP contribution in [0.3, 0.4) is 0 Å². The topological polar surface area (TPSA) is 29.5 Å². The van der Waals surface area contributed by atoms with Gasteiger partial charge in [0.2, 0.25) is 0 Å². The first kappa shape index (κ1) is 14.3. The van der Waals surface area contributed by atoms with E-state index in [1.54, 1.807) is 0 Å². The highest BCUT2D eigenvalue weighted by atomic mass is 16.5. The summed E-state index contributed by atoms with van der Waals surface area (Å²) in [5.41, 5.74) is 2.82. The summed E-state index contributed by atoms with van der Waals surface area (Å²) in [7, 11) is 0. The average molecular weight is 285 g/mol. The zero-order chi connectivity index (χ0) is 14.7. The maximum Gasteiger partial charge on any atom is 0.302 e. The maximum atomic E-state index is 11.0. The Balaban J connectivity index is 1.66. The Labute approximate surface area is 126 Å². The van der Waals surface area contributed by atoms with Crippen molar-refractivity contribution in [2.24, 2.45) is 0 Å². The second-order valence-corrected chi connectivity index (χ2v) is 6.08. The molecule has 1 aromatic rings. The van der Waals surface area contributed by atoms with Gasteiger partial charge in [0, 0.05) is 26.1 Å². The van der Waals surface area contributed by atoms with Gasteiger partial charge in [-0.25, -0.2) is 0 Å². The molecule has 1 saturated heterocycles. The van der Waals surface area contributed by atoms with Crippen LogP contribution < -0.4 is 0 Å². The number of hydrogen-bond acceptors (Lipinski definition) is 3.